The number of nitrogens with zero attached hydrogens (tertiary/aromatic N) is 4. The first-order chi connectivity index (χ1) is 12.3. The molecule has 1 atom stereocenters. The average Bonchev–Trinajstić information content (AvgIpc) is 2.67. The maximum atomic E-state index is 11.8. The molecule has 4 rings (SSSR count). The van der Waals surface area contributed by atoms with Crippen LogP contribution in [0.25, 0.3) is 5.65 Å². The lowest BCUT2D eigenvalue weighted by atomic mass is 10.1. The van der Waals surface area contributed by atoms with Crippen molar-refractivity contribution >= 4 is 5.65 Å². The van der Waals surface area contributed by atoms with E-state index in [9.17, 15) is 4.79 Å². The summed E-state index contributed by atoms with van der Waals surface area (Å²) in [7, 11) is 0. The van der Waals surface area contributed by atoms with Gasteiger partial charge in [-0.15, -0.1) is 0 Å². The highest BCUT2D eigenvalue weighted by molar-refractivity contribution is 5.41. The molecule has 3 aromatic heterocycles. The molecule has 0 amide bonds. The van der Waals surface area contributed by atoms with Gasteiger partial charge in [0.2, 0.25) is 0 Å². The predicted octanol–water partition coefficient (Wildman–Crippen LogP) is 1.59. The summed E-state index contributed by atoms with van der Waals surface area (Å²) < 4.78 is 7.39. The molecule has 0 radical (unpaired) electrons. The molecule has 3 aromatic rings. The van der Waals surface area contributed by atoms with Crippen molar-refractivity contribution in [3.8, 4) is 0 Å². The van der Waals surface area contributed by atoms with Crippen molar-refractivity contribution in [1.82, 2.24) is 19.4 Å². The lowest BCUT2D eigenvalue weighted by Gasteiger charge is -2.32. The molecule has 7 heteroatoms. The molecular formula is C18H18N4O3. The Hall–Kier alpha value is -2.61. The molecule has 0 aromatic carbocycles. The van der Waals surface area contributed by atoms with Crippen molar-refractivity contribution < 1.29 is 9.57 Å². The van der Waals surface area contributed by atoms with Crippen LogP contribution in [0.2, 0.25) is 0 Å². The monoisotopic (exact) mass is 338 g/mol. The molecule has 4 heterocycles. The highest BCUT2D eigenvalue weighted by Crippen LogP contribution is 2.23. The van der Waals surface area contributed by atoms with Crippen molar-refractivity contribution in [2.45, 2.75) is 12.7 Å². The zero-order valence-corrected chi connectivity index (χ0v) is 13.6. The first-order valence-corrected chi connectivity index (χ1v) is 8.15. The Morgan fingerprint density at radius 1 is 1.28 bits per heavy atom. The van der Waals surface area contributed by atoms with Crippen LogP contribution in [0, 0.1) is 0 Å². The largest absolute Gasteiger partial charge is 0.371 e. The number of pyridine rings is 2. The van der Waals surface area contributed by atoms with Crippen LogP contribution in [-0.2, 0) is 16.2 Å². The van der Waals surface area contributed by atoms with Gasteiger partial charge in [0.15, 0.2) is 0 Å². The van der Waals surface area contributed by atoms with Crippen LogP contribution in [0.3, 0.4) is 0 Å². The molecular weight excluding hydrogens is 320 g/mol. The highest BCUT2D eigenvalue weighted by Gasteiger charge is 2.23. The maximum absolute atomic E-state index is 11.8. The maximum Gasteiger partial charge on any atom is 0.257 e. The van der Waals surface area contributed by atoms with E-state index in [1.165, 1.54) is 16.7 Å². The van der Waals surface area contributed by atoms with E-state index in [0.29, 0.717) is 32.0 Å². The van der Waals surface area contributed by atoms with Crippen molar-refractivity contribution in [3.63, 3.8) is 0 Å². The van der Waals surface area contributed by atoms with Gasteiger partial charge in [-0.2, -0.15) is 5.06 Å². The molecule has 1 aliphatic rings. The SMILES string of the molecule is O=c1ccnc2cc(C3CN(OCc4cccnc4)CCO3)ccn12. The number of hydrogen-bond acceptors (Lipinski definition) is 6. The first kappa shape index (κ1) is 15.9. The van der Waals surface area contributed by atoms with Gasteiger partial charge in [-0.1, -0.05) is 6.07 Å². The fourth-order valence-electron chi connectivity index (χ4n) is 2.84. The van der Waals surface area contributed by atoms with Gasteiger partial charge in [0.05, 0.1) is 25.9 Å². The lowest BCUT2D eigenvalue weighted by Crippen LogP contribution is -2.38. The minimum absolute atomic E-state index is 0.0949. The van der Waals surface area contributed by atoms with Gasteiger partial charge in [0.1, 0.15) is 5.65 Å². The van der Waals surface area contributed by atoms with E-state index < -0.39 is 0 Å². The Kier molecular flexibility index (Phi) is 4.51. The van der Waals surface area contributed by atoms with Crippen LogP contribution >= 0.6 is 0 Å². The van der Waals surface area contributed by atoms with E-state index in [1.54, 1.807) is 18.6 Å². The minimum atomic E-state index is -0.121. The smallest absolute Gasteiger partial charge is 0.257 e. The number of aromatic nitrogens is 3. The molecule has 7 nitrogen and oxygen atoms in total. The van der Waals surface area contributed by atoms with Gasteiger partial charge in [0.25, 0.3) is 5.56 Å². The Morgan fingerprint density at radius 3 is 3.12 bits per heavy atom. The summed E-state index contributed by atoms with van der Waals surface area (Å²) in [5, 5.41) is 1.91. The third kappa shape index (κ3) is 3.58. The van der Waals surface area contributed by atoms with Crippen molar-refractivity contribution in [3.05, 3.63) is 76.6 Å². The molecule has 1 fully saturated rings. The normalized spacial score (nSPS) is 18.5. The van der Waals surface area contributed by atoms with E-state index in [4.69, 9.17) is 9.57 Å². The molecule has 128 valence electrons. The average molecular weight is 338 g/mol. The van der Waals surface area contributed by atoms with Crippen molar-refractivity contribution in [1.29, 1.82) is 0 Å². The molecule has 0 bridgehead atoms. The predicted molar refractivity (Wildman–Crippen MR) is 90.8 cm³/mol. The quantitative estimate of drug-likeness (QED) is 0.720. The van der Waals surface area contributed by atoms with Gasteiger partial charge in [-0.3, -0.25) is 19.0 Å². The summed E-state index contributed by atoms with van der Waals surface area (Å²) >= 11 is 0. The van der Waals surface area contributed by atoms with Crippen LogP contribution in [0.1, 0.15) is 17.2 Å². The van der Waals surface area contributed by atoms with E-state index in [-0.39, 0.29) is 11.7 Å². The molecule has 1 aliphatic heterocycles. The number of hydrogen-bond donors (Lipinski definition) is 0. The Labute approximate surface area is 144 Å². The van der Waals surface area contributed by atoms with Crippen LogP contribution in [0.5, 0.6) is 0 Å². The van der Waals surface area contributed by atoms with E-state index >= 15 is 0 Å². The zero-order chi connectivity index (χ0) is 17.1. The second-order valence-corrected chi connectivity index (χ2v) is 5.85. The number of morpholine rings is 1. The summed E-state index contributed by atoms with van der Waals surface area (Å²) in [6, 6.07) is 9.10. The molecule has 25 heavy (non-hydrogen) atoms. The van der Waals surface area contributed by atoms with Crippen LogP contribution in [0.15, 0.2) is 59.9 Å². The van der Waals surface area contributed by atoms with Gasteiger partial charge in [-0.05, 0) is 29.3 Å². The zero-order valence-electron chi connectivity index (χ0n) is 13.6. The van der Waals surface area contributed by atoms with Gasteiger partial charge >= 0.3 is 0 Å². The Morgan fingerprint density at radius 2 is 2.24 bits per heavy atom. The molecule has 0 spiro atoms. The lowest BCUT2D eigenvalue weighted by molar-refractivity contribution is -0.220. The summed E-state index contributed by atoms with van der Waals surface area (Å²) in [5.74, 6) is 0. The molecule has 0 aliphatic carbocycles. The Balaban J connectivity index is 1.46. The molecule has 0 saturated carbocycles. The summed E-state index contributed by atoms with van der Waals surface area (Å²) in [4.78, 5) is 26.0. The minimum Gasteiger partial charge on any atom is -0.371 e. The topological polar surface area (TPSA) is 69.0 Å². The van der Waals surface area contributed by atoms with Gasteiger partial charge in [0, 0.05) is 37.4 Å². The van der Waals surface area contributed by atoms with E-state index in [0.717, 1.165) is 11.1 Å². The standard InChI is InChI=1S/C18H18N4O3/c23-18-3-6-20-17-10-15(4-7-22(17)18)16-12-21(8-9-24-16)25-13-14-2-1-5-19-11-14/h1-7,10-11,16H,8-9,12-13H2. The highest BCUT2D eigenvalue weighted by atomic mass is 16.7. The van der Waals surface area contributed by atoms with Crippen molar-refractivity contribution in [2.24, 2.45) is 0 Å². The van der Waals surface area contributed by atoms with Crippen LogP contribution in [-0.4, -0.2) is 39.1 Å². The fourth-order valence-corrected chi connectivity index (χ4v) is 2.84. The molecule has 1 unspecified atom stereocenters. The third-order valence-electron chi connectivity index (χ3n) is 4.16. The summed E-state index contributed by atoms with van der Waals surface area (Å²) in [6.45, 7) is 2.39. The second-order valence-electron chi connectivity index (χ2n) is 5.85. The van der Waals surface area contributed by atoms with E-state index in [1.807, 2.05) is 29.3 Å². The summed E-state index contributed by atoms with van der Waals surface area (Å²) in [5.41, 5.74) is 2.53. The third-order valence-corrected chi connectivity index (χ3v) is 4.16. The molecule has 1 saturated heterocycles. The number of hydroxylamine groups is 2. The Bertz CT molecular complexity index is 913. The summed E-state index contributed by atoms with van der Waals surface area (Å²) in [6.07, 6.45) is 6.67. The van der Waals surface area contributed by atoms with Crippen LogP contribution in [0.4, 0.5) is 0 Å². The second kappa shape index (κ2) is 7.10. The van der Waals surface area contributed by atoms with Gasteiger partial charge < -0.3 is 4.74 Å². The van der Waals surface area contributed by atoms with Crippen molar-refractivity contribution in [2.75, 3.05) is 19.7 Å². The van der Waals surface area contributed by atoms with E-state index in [2.05, 4.69) is 9.97 Å². The fraction of sp³-hybridized carbons (Fsp3) is 0.278. The van der Waals surface area contributed by atoms with Gasteiger partial charge in [-0.25, -0.2) is 4.98 Å². The molecule has 0 N–H and O–H groups in total. The number of rotatable bonds is 4. The van der Waals surface area contributed by atoms with Crippen LogP contribution < -0.4 is 5.56 Å². The number of ether oxygens (including phenoxy) is 1. The first-order valence-electron chi connectivity index (χ1n) is 8.15. The number of fused-ring (bicyclic) bond motifs is 1.